The summed E-state index contributed by atoms with van der Waals surface area (Å²) < 4.78 is 5.90. The van der Waals surface area contributed by atoms with E-state index in [4.69, 9.17) is 4.74 Å². The van der Waals surface area contributed by atoms with E-state index in [1.54, 1.807) is 0 Å². The largest absolute Gasteiger partial charge is 0.473 e. The summed E-state index contributed by atoms with van der Waals surface area (Å²) in [4.78, 5) is 0. The highest BCUT2D eigenvalue weighted by atomic mass is 16.5. The quantitative estimate of drug-likeness (QED) is 0.849. The van der Waals surface area contributed by atoms with Gasteiger partial charge in [0.15, 0.2) is 0 Å². The van der Waals surface area contributed by atoms with E-state index in [-0.39, 0.29) is 11.6 Å². The summed E-state index contributed by atoms with van der Waals surface area (Å²) >= 11 is 0. The molecule has 0 spiro atoms. The molecule has 0 radical (unpaired) electrons. The Balaban J connectivity index is 1.89. The molecular formula is C13H23N3O. The predicted molar refractivity (Wildman–Crippen MR) is 68.4 cm³/mol. The topological polar surface area (TPSA) is 49.9 Å². The van der Waals surface area contributed by atoms with Crippen molar-refractivity contribution >= 4 is 0 Å². The fourth-order valence-corrected chi connectivity index (χ4v) is 2.06. The molecule has 4 heteroatoms. The van der Waals surface area contributed by atoms with Crippen LogP contribution >= 0.6 is 0 Å². The molecule has 2 heterocycles. The molecule has 0 aromatic carbocycles. The van der Waals surface area contributed by atoms with Crippen molar-refractivity contribution in [2.24, 2.45) is 0 Å². The Morgan fingerprint density at radius 2 is 2.24 bits per heavy atom. The smallest absolute Gasteiger partial charge is 0.209 e. The third-order valence-electron chi connectivity index (χ3n) is 3.36. The number of piperidine rings is 1. The van der Waals surface area contributed by atoms with Crippen molar-refractivity contribution in [1.29, 1.82) is 0 Å². The van der Waals surface area contributed by atoms with Crippen LogP contribution < -0.4 is 10.1 Å². The van der Waals surface area contributed by atoms with Gasteiger partial charge in [-0.15, -0.1) is 0 Å². The summed E-state index contributed by atoms with van der Waals surface area (Å²) in [5.74, 6) is 1.23. The summed E-state index contributed by atoms with van der Waals surface area (Å²) in [7, 11) is 0. The molecule has 0 bridgehead atoms. The Kier molecular flexibility index (Phi) is 3.43. The molecule has 1 aromatic heterocycles. The zero-order valence-electron chi connectivity index (χ0n) is 11.2. The molecule has 0 amide bonds. The minimum atomic E-state index is 0.247. The summed E-state index contributed by atoms with van der Waals surface area (Å²) in [6, 6.07) is 2.00. The van der Waals surface area contributed by atoms with Gasteiger partial charge in [-0.2, -0.15) is 5.10 Å². The summed E-state index contributed by atoms with van der Waals surface area (Å²) in [5.41, 5.74) is 1.31. The van der Waals surface area contributed by atoms with Gasteiger partial charge < -0.3 is 10.1 Å². The zero-order chi connectivity index (χ0) is 12.5. The summed E-state index contributed by atoms with van der Waals surface area (Å²) in [5, 5.41) is 10.7. The van der Waals surface area contributed by atoms with Crippen molar-refractivity contribution < 1.29 is 4.74 Å². The van der Waals surface area contributed by atoms with Crippen molar-refractivity contribution in [2.75, 3.05) is 6.54 Å². The van der Waals surface area contributed by atoms with Crippen LogP contribution in [-0.4, -0.2) is 28.4 Å². The number of hydrogen-bond acceptors (Lipinski definition) is 3. The van der Waals surface area contributed by atoms with Crippen molar-refractivity contribution in [3.8, 4) is 5.88 Å². The lowest BCUT2D eigenvalue weighted by atomic mass is 9.92. The molecule has 4 nitrogen and oxygen atoms in total. The van der Waals surface area contributed by atoms with Gasteiger partial charge in [-0.1, -0.05) is 13.8 Å². The average molecular weight is 237 g/mol. The van der Waals surface area contributed by atoms with E-state index in [1.165, 1.54) is 0 Å². The Morgan fingerprint density at radius 3 is 2.76 bits per heavy atom. The van der Waals surface area contributed by atoms with Gasteiger partial charge >= 0.3 is 0 Å². The van der Waals surface area contributed by atoms with Gasteiger partial charge in [0.25, 0.3) is 0 Å². The van der Waals surface area contributed by atoms with Crippen LogP contribution in [0.15, 0.2) is 6.07 Å². The van der Waals surface area contributed by atoms with E-state index in [0.29, 0.717) is 5.92 Å². The van der Waals surface area contributed by atoms with Gasteiger partial charge in [-0.3, -0.25) is 0 Å². The number of aromatic nitrogens is 2. The second-order valence-electron chi connectivity index (χ2n) is 5.86. The Morgan fingerprint density at radius 1 is 1.47 bits per heavy atom. The molecule has 1 aliphatic heterocycles. The van der Waals surface area contributed by atoms with E-state index in [1.807, 2.05) is 6.07 Å². The Hall–Kier alpha value is -1.03. The normalized spacial score (nSPS) is 23.9. The van der Waals surface area contributed by atoms with Crippen LogP contribution in [0.4, 0.5) is 0 Å². The first-order chi connectivity index (χ1) is 7.96. The molecule has 1 fully saturated rings. The molecule has 0 aliphatic carbocycles. The monoisotopic (exact) mass is 237 g/mol. The van der Waals surface area contributed by atoms with Gasteiger partial charge in [0.1, 0.15) is 6.10 Å². The molecule has 17 heavy (non-hydrogen) atoms. The molecule has 1 atom stereocenters. The number of hydrogen-bond donors (Lipinski definition) is 2. The highest BCUT2D eigenvalue weighted by Crippen LogP contribution is 2.22. The first-order valence-corrected chi connectivity index (χ1v) is 6.43. The number of nitrogens with zero attached hydrogens (tertiary/aromatic N) is 1. The van der Waals surface area contributed by atoms with E-state index in [0.717, 1.165) is 31.0 Å². The van der Waals surface area contributed by atoms with Gasteiger partial charge in [0.2, 0.25) is 5.88 Å². The van der Waals surface area contributed by atoms with E-state index in [9.17, 15) is 0 Å². The lowest BCUT2D eigenvalue weighted by Crippen LogP contribution is -2.50. The van der Waals surface area contributed by atoms with E-state index < -0.39 is 0 Å². The standard InChI is InChI=1S/C13H23N3O/c1-9(2)11-7-12(16-15-11)17-10-5-6-13(3,4)14-8-10/h7,9-10,14H,5-6,8H2,1-4H3,(H,15,16). The molecule has 1 aromatic rings. The molecule has 1 unspecified atom stereocenters. The predicted octanol–water partition coefficient (Wildman–Crippen LogP) is 2.44. The maximum absolute atomic E-state index is 5.90. The molecule has 1 saturated heterocycles. The number of nitrogens with one attached hydrogen (secondary N) is 2. The highest BCUT2D eigenvalue weighted by Gasteiger charge is 2.27. The summed E-state index contributed by atoms with van der Waals surface area (Å²) in [6.45, 7) is 9.63. The molecular weight excluding hydrogens is 214 g/mol. The molecule has 0 saturated carbocycles. The fourth-order valence-electron chi connectivity index (χ4n) is 2.06. The Bertz CT molecular complexity index is 360. The van der Waals surface area contributed by atoms with Crippen LogP contribution in [0.2, 0.25) is 0 Å². The van der Waals surface area contributed by atoms with Gasteiger partial charge in [-0.25, -0.2) is 5.10 Å². The van der Waals surface area contributed by atoms with E-state index in [2.05, 4.69) is 43.2 Å². The van der Waals surface area contributed by atoms with Crippen LogP contribution in [0.3, 0.4) is 0 Å². The van der Waals surface area contributed by atoms with Crippen LogP contribution in [-0.2, 0) is 0 Å². The van der Waals surface area contributed by atoms with Crippen LogP contribution in [0, 0.1) is 0 Å². The molecule has 2 N–H and O–H groups in total. The molecule has 2 rings (SSSR count). The van der Waals surface area contributed by atoms with Crippen molar-refractivity contribution in [1.82, 2.24) is 15.5 Å². The first-order valence-electron chi connectivity index (χ1n) is 6.43. The second-order valence-corrected chi connectivity index (χ2v) is 5.86. The lowest BCUT2D eigenvalue weighted by Gasteiger charge is -2.35. The van der Waals surface area contributed by atoms with Crippen molar-refractivity contribution in [3.63, 3.8) is 0 Å². The van der Waals surface area contributed by atoms with Gasteiger partial charge in [0, 0.05) is 18.2 Å². The molecule has 1 aliphatic rings. The van der Waals surface area contributed by atoms with E-state index >= 15 is 0 Å². The minimum absolute atomic E-state index is 0.247. The number of H-pyrrole nitrogens is 1. The lowest BCUT2D eigenvalue weighted by molar-refractivity contribution is 0.121. The zero-order valence-corrected chi connectivity index (χ0v) is 11.2. The molecule has 96 valence electrons. The van der Waals surface area contributed by atoms with Crippen molar-refractivity contribution in [2.45, 2.75) is 58.1 Å². The van der Waals surface area contributed by atoms with Gasteiger partial charge in [-0.05, 0) is 32.6 Å². The number of aromatic amines is 1. The average Bonchev–Trinajstić information content (AvgIpc) is 2.70. The SMILES string of the molecule is CC(C)c1cc(OC2CCC(C)(C)NC2)[nH]n1. The third-order valence-corrected chi connectivity index (χ3v) is 3.36. The minimum Gasteiger partial charge on any atom is -0.473 e. The second kappa shape index (κ2) is 4.69. The van der Waals surface area contributed by atoms with Gasteiger partial charge in [0.05, 0.1) is 5.69 Å². The Labute approximate surface area is 103 Å². The maximum Gasteiger partial charge on any atom is 0.209 e. The van der Waals surface area contributed by atoms with Crippen LogP contribution in [0.5, 0.6) is 5.88 Å². The van der Waals surface area contributed by atoms with Crippen LogP contribution in [0.1, 0.15) is 52.1 Å². The number of ether oxygens (including phenoxy) is 1. The van der Waals surface area contributed by atoms with Crippen molar-refractivity contribution in [3.05, 3.63) is 11.8 Å². The summed E-state index contributed by atoms with van der Waals surface area (Å²) in [6.07, 6.45) is 2.49. The number of rotatable bonds is 3. The third kappa shape index (κ3) is 3.22. The highest BCUT2D eigenvalue weighted by molar-refractivity contribution is 5.17. The fraction of sp³-hybridized carbons (Fsp3) is 0.769. The first kappa shape index (κ1) is 12.4. The maximum atomic E-state index is 5.90. The van der Waals surface area contributed by atoms with Crippen LogP contribution in [0.25, 0.3) is 0 Å².